The Morgan fingerprint density at radius 2 is 1.89 bits per heavy atom. The summed E-state index contributed by atoms with van der Waals surface area (Å²) in [5.41, 5.74) is 0. The van der Waals surface area contributed by atoms with Gasteiger partial charge in [0.05, 0.1) is 6.26 Å². The van der Waals surface area contributed by atoms with Crippen molar-refractivity contribution in [2.45, 2.75) is 19.3 Å². The first-order valence-corrected chi connectivity index (χ1v) is 8.53. The summed E-state index contributed by atoms with van der Waals surface area (Å²) in [7, 11) is 0.896. The van der Waals surface area contributed by atoms with Crippen LogP contribution < -0.4 is 5.32 Å². The summed E-state index contributed by atoms with van der Waals surface area (Å²) in [6.45, 7) is 2.54. The fourth-order valence-electron chi connectivity index (χ4n) is 2.20. The van der Waals surface area contributed by atoms with Crippen LogP contribution in [0.5, 0.6) is 0 Å². The van der Waals surface area contributed by atoms with Crippen LogP contribution >= 0.6 is 0 Å². The van der Waals surface area contributed by atoms with Crippen molar-refractivity contribution in [2.75, 3.05) is 46.5 Å². The highest BCUT2D eigenvalue weighted by Crippen LogP contribution is 2.19. The Morgan fingerprint density at radius 1 is 1.32 bits per heavy atom. The van der Waals surface area contributed by atoms with Crippen LogP contribution in [-0.4, -0.2) is 70.1 Å². The molecule has 0 aromatic heterocycles. The van der Waals surface area contributed by atoms with Gasteiger partial charge in [-0.2, -0.15) is 0 Å². The first kappa shape index (κ1) is 16.4. The normalized spacial score (nSPS) is 18.7. The second-order valence-corrected chi connectivity index (χ2v) is 7.37. The summed E-state index contributed by atoms with van der Waals surface area (Å²) in [5, 5.41) is 2.93. The first-order valence-electron chi connectivity index (χ1n) is 6.68. The molecule has 0 spiro atoms. The number of carbonyl (C=O) groups is 1. The van der Waals surface area contributed by atoms with Crippen LogP contribution in [0.25, 0.3) is 0 Å². The maximum absolute atomic E-state index is 11.9. The fraction of sp³-hybridized carbons (Fsp3) is 0.917. The predicted octanol–water partition coefficient (Wildman–Crippen LogP) is -0.274. The molecule has 0 unspecified atom stereocenters. The van der Waals surface area contributed by atoms with Crippen LogP contribution in [0, 0.1) is 5.92 Å². The van der Waals surface area contributed by atoms with Crippen molar-refractivity contribution >= 4 is 15.9 Å². The standard InChI is InChI=1S/C12H25N3O3S/c1-14(2)8-4-7-13-12(16)11-5-9-15(10-6-11)19(3,17)18/h11H,4-10H2,1-3H3,(H,13,16). The fourth-order valence-corrected chi connectivity index (χ4v) is 3.07. The molecule has 0 aromatic rings. The number of nitrogens with one attached hydrogen (secondary N) is 1. The van der Waals surface area contributed by atoms with Gasteiger partial charge in [0.1, 0.15) is 0 Å². The van der Waals surface area contributed by atoms with Crippen molar-refractivity contribution in [1.82, 2.24) is 14.5 Å². The number of rotatable bonds is 6. The van der Waals surface area contributed by atoms with Gasteiger partial charge in [0, 0.05) is 25.6 Å². The highest BCUT2D eigenvalue weighted by Gasteiger charge is 2.28. The lowest BCUT2D eigenvalue weighted by molar-refractivity contribution is -0.126. The first-order chi connectivity index (χ1) is 8.80. The van der Waals surface area contributed by atoms with Gasteiger partial charge in [-0.05, 0) is 39.9 Å². The second kappa shape index (κ2) is 7.21. The molecule has 1 rings (SSSR count). The van der Waals surface area contributed by atoms with E-state index < -0.39 is 10.0 Å². The molecule has 19 heavy (non-hydrogen) atoms. The molecule has 6 nitrogen and oxygen atoms in total. The molecule has 1 heterocycles. The van der Waals surface area contributed by atoms with Crippen molar-refractivity contribution in [3.8, 4) is 0 Å². The lowest BCUT2D eigenvalue weighted by atomic mass is 9.97. The molecule has 112 valence electrons. The number of nitrogens with zero attached hydrogens (tertiary/aromatic N) is 2. The number of hydrogen-bond donors (Lipinski definition) is 1. The highest BCUT2D eigenvalue weighted by molar-refractivity contribution is 7.88. The van der Waals surface area contributed by atoms with E-state index in [1.54, 1.807) is 0 Å². The van der Waals surface area contributed by atoms with E-state index in [0.29, 0.717) is 32.5 Å². The van der Waals surface area contributed by atoms with E-state index in [1.807, 2.05) is 14.1 Å². The van der Waals surface area contributed by atoms with Crippen LogP contribution in [0.2, 0.25) is 0 Å². The van der Waals surface area contributed by atoms with Gasteiger partial charge in [0.25, 0.3) is 0 Å². The quantitative estimate of drug-likeness (QED) is 0.684. The Morgan fingerprint density at radius 3 is 2.37 bits per heavy atom. The summed E-state index contributed by atoms with van der Waals surface area (Å²) in [5.74, 6) is 0.0178. The molecule has 7 heteroatoms. The molecule has 1 saturated heterocycles. The van der Waals surface area contributed by atoms with Crippen LogP contribution in [0.15, 0.2) is 0 Å². The van der Waals surface area contributed by atoms with E-state index in [1.165, 1.54) is 10.6 Å². The molecule has 0 bridgehead atoms. The maximum Gasteiger partial charge on any atom is 0.223 e. The smallest absolute Gasteiger partial charge is 0.223 e. The molecule has 0 atom stereocenters. The van der Waals surface area contributed by atoms with E-state index >= 15 is 0 Å². The Bertz CT molecular complexity index is 387. The molecular weight excluding hydrogens is 266 g/mol. The van der Waals surface area contributed by atoms with Crippen molar-refractivity contribution in [1.29, 1.82) is 0 Å². The van der Waals surface area contributed by atoms with Gasteiger partial charge >= 0.3 is 0 Å². The van der Waals surface area contributed by atoms with E-state index in [9.17, 15) is 13.2 Å². The average Bonchev–Trinajstić information content (AvgIpc) is 2.33. The highest BCUT2D eigenvalue weighted by atomic mass is 32.2. The van der Waals surface area contributed by atoms with Gasteiger partial charge in [0.2, 0.25) is 15.9 Å². The molecule has 1 fully saturated rings. The summed E-state index contributed by atoms with van der Waals surface area (Å²) >= 11 is 0. The Hall–Kier alpha value is -0.660. The van der Waals surface area contributed by atoms with Crippen molar-refractivity contribution in [3.05, 3.63) is 0 Å². The van der Waals surface area contributed by atoms with Crippen LogP contribution in [0.1, 0.15) is 19.3 Å². The Labute approximate surface area is 116 Å². The third-order valence-electron chi connectivity index (χ3n) is 3.38. The number of amides is 1. The van der Waals surface area contributed by atoms with Gasteiger partial charge < -0.3 is 10.2 Å². The zero-order valence-corrected chi connectivity index (χ0v) is 12.9. The molecule has 0 saturated carbocycles. The summed E-state index contributed by atoms with van der Waals surface area (Å²) in [6.07, 6.45) is 3.38. The van der Waals surface area contributed by atoms with Gasteiger partial charge in [0.15, 0.2) is 0 Å². The second-order valence-electron chi connectivity index (χ2n) is 5.38. The van der Waals surface area contributed by atoms with E-state index in [4.69, 9.17) is 0 Å². The third kappa shape index (κ3) is 5.88. The molecule has 1 amide bonds. The van der Waals surface area contributed by atoms with Gasteiger partial charge in [-0.1, -0.05) is 0 Å². The van der Waals surface area contributed by atoms with Crippen LogP contribution in [-0.2, 0) is 14.8 Å². The lowest BCUT2D eigenvalue weighted by Gasteiger charge is -2.29. The molecule has 1 aliphatic heterocycles. The monoisotopic (exact) mass is 291 g/mol. The van der Waals surface area contributed by atoms with Crippen LogP contribution in [0.4, 0.5) is 0 Å². The largest absolute Gasteiger partial charge is 0.356 e. The minimum atomic E-state index is -3.11. The molecule has 1 N–H and O–H groups in total. The molecule has 0 aliphatic carbocycles. The molecule has 1 aliphatic rings. The summed E-state index contributed by atoms with van der Waals surface area (Å²) in [4.78, 5) is 14.0. The Kier molecular flexibility index (Phi) is 6.22. The van der Waals surface area contributed by atoms with E-state index in [-0.39, 0.29) is 11.8 Å². The molecule has 0 radical (unpaired) electrons. The van der Waals surface area contributed by atoms with Crippen molar-refractivity contribution < 1.29 is 13.2 Å². The van der Waals surface area contributed by atoms with Crippen molar-refractivity contribution in [3.63, 3.8) is 0 Å². The summed E-state index contributed by atoms with van der Waals surface area (Å²) < 4.78 is 24.2. The van der Waals surface area contributed by atoms with Gasteiger partial charge in [-0.25, -0.2) is 12.7 Å². The SMILES string of the molecule is CN(C)CCCNC(=O)C1CCN(S(C)(=O)=O)CC1. The summed E-state index contributed by atoms with van der Waals surface area (Å²) in [6, 6.07) is 0. The van der Waals surface area contributed by atoms with Gasteiger partial charge in [-0.15, -0.1) is 0 Å². The predicted molar refractivity (Wildman–Crippen MR) is 75.3 cm³/mol. The number of hydrogen-bond acceptors (Lipinski definition) is 4. The molecule has 0 aromatic carbocycles. The zero-order chi connectivity index (χ0) is 14.5. The van der Waals surface area contributed by atoms with Gasteiger partial charge in [-0.3, -0.25) is 4.79 Å². The number of piperidine rings is 1. The third-order valence-corrected chi connectivity index (χ3v) is 4.68. The van der Waals surface area contributed by atoms with E-state index in [2.05, 4.69) is 10.2 Å². The average molecular weight is 291 g/mol. The maximum atomic E-state index is 11.9. The minimum absolute atomic E-state index is 0.0441. The Balaban J connectivity index is 2.25. The van der Waals surface area contributed by atoms with Crippen molar-refractivity contribution in [2.24, 2.45) is 5.92 Å². The zero-order valence-electron chi connectivity index (χ0n) is 12.1. The molecular formula is C12H25N3O3S. The number of sulfonamides is 1. The lowest BCUT2D eigenvalue weighted by Crippen LogP contribution is -2.42. The van der Waals surface area contributed by atoms with Crippen LogP contribution in [0.3, 0.4) is 0 Å². The topological polar surface area (TPSA) is 69.7 Å². The van der Waals surface area contributed by atoms with E-state index in [0.717, 1.165) is 13.0 Å². The minimum Gasteiger partial charge on any atom is -0.356 e. The number of carbonyl (C=O) groups excluding carboxylic acids is 1.